The number of carbonyl (C=O) groups excluding carboxylic acids is 1. The minimum Gasteiger partial charge on any atom is -0.506 e. The zero-order valence-electron chi connectivity index (χ0n) is 10.9. The van der Waals surface area contributed by atoms with E-state index in [9.17, 15) is 9.90 Å². The first-order chi connectivity index (χ1) is 10.1. The van der Waals surface area contributed by atoms with Crippen LogP contribution in [0.5, 0.6) is 5.75 Å². The van der Waals surface area contributed by atoms with Crippen molar-refractivity contribution in [3.05, 3.63) is 65.3 Å². The van der Waals surface area contributed by atoms with Gasteiger partial charge in [0.1, 0.15) is 17.0 Å². The van der Waals surface area contributed by atoms with Gasteiger partial charge in [-0.15, -0.1) is 0 Å². The Bertz CT molecular complexity index is 833. The maximum absolute atomic E-state index is 12.2. The van der Waals surface area contributed by atoms with E-state index in [0.717, 1.165) is 5.39 Å². The maximum atomic E-state index is 12.2. The summed E-state index contributed by atoms with van der Waals surface area (Å²) < 4.78 is 0. The molecule has 0 aliphatic rings. The number of rotatable bonds is 2. The van der Waals surface area contributed by atoms with Gasteiger partial charge in [0.2, 0.25) is 0 Å². The molecule has 0 fully saturated rings. The zero-order chi connectivity index (χ0) is 14.8. The molecule has 3 rings (SSSR count). The Balaban J connectivity index is 1.93. The third kappa shape index (κ3) is 2.80. The summed E-state index contributed by atoms with van der Waals surface area (Å²) in [4.78, 5) is 16.4. The largest absolute Gasteiger partial charge is 0.506 e. The second kappa shape index (κ2) is 5.42. The van der Waals surface area contributed by atoms with Crippen LogP contribution in [0.1, 0.15) is 10.5 Å². The smallest absolute Gasteiger partial charge is 0.274 e. The molecule has 1 amide bonds. The summed E-state index contributed by atoms with van der Waals surface area (Å²) in [6.07, 6.45) is 0. The van der Waals surface area contributed by atoms with E-state index in [1.807, 2.05) is 6.07 Å². The van der Waals surface area contributed by atoms with Crippen molar-refractivity contribution >= 4 is 34.1 Å². The number of phenols is 1. The van der Waals surface area contributed by atoms with Gasteiger partial charge in [-0.1, -0.05) is 35.9 Å². The van der Waals surface area contributed by atoms with Crippen molar-refractivity contribution in [2.24, 2.45) is 0 Å². The number of nitrogens with zero attached hydrogens (tertiary/aromatic N) is 1. The number of halogens is 1. The van der Waals surface area contributed by atoms with E-state index >= 15 is 0 Å². The summed E-state index contributed by atoms with van der Waals surface area (Å²) >= 11 is 5.87. The summed E-state index contributed by atoms with van der Waals surface area (Å²) in [5.74, 6) is -0.313. The van der Waals surface area contributed by atoms with Crippen molar-refractivity contribution in [3.63, 3.8) is 0 Å². The number of carbonyl (C=O) groups is 1. The number of amides is 1. The van der Waals surface area contributed by atoms with E-state index in [4.69, 9.17) is 11.6 Å². The van der Waals surface area contributed by atoms with E-state index in [-0.39, 0.29) is 17.4 Å². The molecule has 0 atom stereocenters. The predicted octanol–water partition coefficient (Wildman–Crippen LogP) is 3.85. The summed E-state index contributed by atoms with van der Waals surface area (Å²) in [5.41, 5.74) is 1.21. The lowest BCUT2D eigenvalue weighted by atomic mass is 10.2. The molecule has 3 aromatic rings. The lowest BCUT2D eigenvalue weighted by Crippen LogP contribution is -2.13. The molecule has 5 heteroatoms. The average Bonchev–Trinajstić information content (AvgIpc) is 2.47. The molecule has 0 saturated carbocycles. The number of aromatic nitrogens is 1. The van der Waals surface area contributed by atoms with Gasteiger partial charge in [-0.05, 0) is 30.3 Å². The highest BCUT2D eigenvalue weighted by Crippen LogP contribution is 2.23. The Labute approximate surface area is 126 Å². The molecular formula is C16H11ClN2O2. The molecule has 0 radical (unpaired) electrons. The molecule has 0 aliphatic heterocycles. The third-order valence-electron chi connectivity index (χ3n) is 3.01. The van der Waals surface area contributed by atoms with E-state index < -0.39 is 0 Å². The lowest BCUT2D eigenvalue weighted by Gasteiger charge is -2.06. The van der Waals surface area contributed by atoms with Crippen LogP contribution >= 0.6 is 11.6 Å². The summed E-state index contributed by atoms with van der Waals surface area (Å²) in [7, 11) is 0. The van der Waals surface area contributed by atoms with Gasteiger partial charge in [-0.2, -0.15) is 0 Å². The van der Waals surface area contributed by atoms with Crippen molar-refractivity contribution in [1.82, 2.24) is 4.98 Å². The molecule has 104 valence electrons. The number of benzene rings is 2. The fraction of sp³-hybridized carbons (Fsp3) is 0. The number of pyridine rings is 1. The molecule has 0 bridgehead atoms. The van der Waals surface area contributed by atoms with Crippen molar-refractivity contribution in [1.29, 1.82) is 0 Å². The van der Waals surface area contributed by atoms with Crippen molar-refractivity contribution in [2.45, 2.75) is 0 Å². The standard InChI is InChI=1S/C16H11ClN2O2/c17-11-4-2-5-12(9-11)18-16(21)13-8-7-10-3-1-6-14(20)15(10)19-13/h1-9,20H,(H,18,21). The molecular weight excluding hydrogens is 288 g/mol. The summed E-state index contributed by atoms with van der Waals surface area (Å²) in [6, 6.07) is 15.3. The molecule has 1 aromatic heterocycles. The first-order valence-corrected chi connectivity index (χ1v) is 6.67. The fourth-order valence-electron chi connectivity index (χ4n) is 2.02. The number of anilines is 1. The lowest BCUT2D eigenvalue weighted by molar-refractivity contribution is 0.102. The molecule has 21 heavy (non-hydrogen) atoms. The second-order valence-electron chi connectivity index (χ2n) is 4.51. The number of phenolic OH excluding ortho intramolecular Hbond substituents is 1. The van der Waals surface area contributed by atoms with Gasteiger partial charge in [0.25, 0.3) is 5.91 Å². The Kier molecular flexibility index (Phi) is 3.46. The Morgan fingerprint density at radius 3 is 2.71 bits per heavy atom. The van der Waals surface area contributed by atoms with Gasteiger partial charge in [0.15, 0.2) is 0 Å². The van der Waals surface area contributed by atoms with E-state index in [1.165, 1.54) is 6.07 Å². The van der Waals surface area contributed by atoms with E-state index in [0.29, 0.717) is 16.2 Å². The van der Waals surface area contributed by atoms with Gasteiger partial charge in [0, 0.05) is 16.1 Å². The third-order valence-corrected chi connectivity index (χ3v) is 3.25. The minimum absolute atomic E-state index is 0.0462. The van der Waals surface area contributed by atoms with Gasteiger partial charge in [0.05, 0.1) is 0 Å². The van der Waals surface area contributed by atoms with Crippen molar-refractivity contribution in [3.8, 4) is 5.75 Å². The first-order valence-electron chi connectivity index (χ1n) is 6.29. The molecule has 2 N–H and O–H groups in total. The highest BCUT2D eigenvalue weighted by atomic mass is 35.5. The maximum Gasteiger partial charge on any atom is 0.274 e. The predicted molar refractivity (Wildman–Crippen MR) is 82.8 cm³/mol. The Morgan fingerprint density at radius 2 is 1.90 bits per heavy atom. The number of aromatic hydroxyl groups is 1. The van der Waals surface area contributed by atoms with Gasteiger partial charge in [-0.25, -0.2) is 4.98 Å². The first kappa shape index (κ1) is 13.4. The number of nitrogens with one attached hydrogen (secondary N) is 1. The Morgan fingerprint density at radius 1 is 1.10 bits per heavy atom. The van der Waals surface area contributed by atoms with Crippen LogP contribution in [0.4, 0.5) is 5.69 Å². The Hall–Kier alpha value is -2.59. The van der Waals surface area contributed by atoms with Gasteiger partial charge >= 0.3 is 0 Å². The van der Waals surface area contributed by atoms with Crippen molar-refractivity contribution in [2.75, 3.05) is 5.32 Å². The minimum atomic E-state index is -0.359. The molecule has 4 nitrogen and oxygen atoms in total. The monoisotopic (exact) mass is 298 g/mol. The molecule has 0 unspecified atom stereocenters. The van der Waals surface area contributed by atoms with E-state index in [1.54, 1.807) is 42.5 Å². The number of fused-ring (bicyclic) bond motifs is 1. The molecule has 0 saturated heterocycles. The SMILES string of the molecule is O=C(Nc1cccc(Cl)c1)c1ccc2cccc(O)c2n1. The molecule has 0 aliphatic carbocycles. The number of hydrogen-bond acceptors (Lipinski definition) is 3. The van der Waals surface area contributed by atoms with Crippen LogP contribution in [0.25, 0.3) is 10.9 Å². The number of hydrogen-bond donors (Lipinski definition) is 2. The molecule has 2 aromatic carbocycles. The van der Waals surface area contributed by atoms with Gasteiger partial charge < -0.3 is 10.4 Å². The second-order valence-corrected chi connectivity index (χ2v) is 4.95. The molecule has 0 spiro atoms. The zero-order valence-corrected chi connectivity index (χ0v) is 11.6. The topological polar surface area (TPSA) is 62.2 Å². The van der Waals surface area contributed by atoms with Crippen molar-refractivity contribution < 1.29 is 9.90 Å². The number of para-hydroxylation sites is 1. The van der Waals surface area contributed by atoms with Crippen LogP contribution < -0.4 is 5.32 Å². The molecule has 1 heterocycles. The van der Waals surface area contributed by atoms with Crippen LogP contribution in [0.2, 0.25) is 5.02 Å². The van der Waals surface area contributed by atoms with Crippen LogP contribution in [-0.4, -0.2) is 16.0 Å². The average molecular weight is 299 g/mol. The highest BCUT2D eigenvalue weighted by Gasteiger charge is 2.10. The van der Waals surface area contributed by atoms with Crippen LogP contribution in [-0.2, 0) is 0 Å². The normalized spacial score (nSPS) is 10.5. The van der Waals surface area contributed by atoms with Gasteiger partial charge in [-0.3, -0.25) is 4.79 Å². The van der Waals surface area contributed by atoms with Crippen LogP contribution in [0.15, 0.2) is 54.6 Å². The fourth-order valence-corrected chi connectivity index (χ4v) is 2.21. The van der Waals surface area contributed by atoms with Crippen LogP contribution in [0, 0.1) is 0 Å². The quantitative estimate of drug-likeness (QED) is 0.755. The van der Waals surface area contributed by atoms with Crippen LogP contribution in [0.3, 0.4) is 0 Å². The summed E-state index contributed by atoms with van der Waals surface area (Å²) in [6.45, 7) is 0. The van der Waals surface area contributed by atoms with E-state index in [2.05, 4.69) is 10.3 Å². The highest BCUT2D eigenvalue weighted by molar-refractivity contribution is 6.30. The summed E-state index contributed by atoms with van der Waals surface area (Å²) in [5, 5.41) is 13.8.